The molecule has 76 valence electrons. The predicted octanol–water partition coefficient (Wildman–Crippen LogP) is 1.53. The van der Waals surface area contributed by atoms with E-state index in [1.54, 1.807) is 13.0 Å². The monoisotopic (exact) mass is 197 g/mol. The second kappa shape index (κ2) is 3.75. The number of aliphatic carboxylic acids is 1. The smallest absolute Gasteiger partial charge is 0.325 e. The molecule has 0 aromatic heterocycles. The van der Waals surface area contributed by atoms with Gasteiger partial charge in [-0.05, 0) is 30.5 Å². The van der Waals surface area contributed by atoms with E-state index in [2.05, 4.69) is 0 Å². The zero-order chi connectivity index (χ0) is 10.9. The number of nitrogens with two attached hydrogens (primary N) is 1. The van der Waals surface area contributed by atoms with Gasteiger partial charge in [0.25, 0.3) is 0 Å². The van der Waals surface area contributed by atoms with E-state index in [0.717, 1.165) is 0 Å². The van der Waals surface area contributed by atoms with Crippen LogP contribution in [0.1, 0.15) is 22.7 Å². The normalized spacial score (nSPS) is 12.6. The van der Waals surface area contributed by atoms with Crippen LogP contribution in [0.25, 0.3) is 0 Å². The SMILES string of the molecule is Cc1ccc(C(N)C(=O)O)c(C)c1F. The summed E-state index contributed by atoms with van der Waals surface area (Å²) in [6.07, 6.45) is 0. The van der Waals surface area contributed by atoms with Crippen LogP contribution in [-0.4, -0.2) is 11.1 Å². The van der Waals surface area contributed by atoms with Gasteiger partial charge in [-0.15, -0.1) is 0 Å². The molecule has 0 aliphatic rings. The van der Waals surface area contributed by atoms with E-state index in [9.17, 15) is 9.18 Å². The summed E-state index contributed by atoms with van der Waals surface area (Å²) in [5, 5.41) is 8.67. The molecule has 1 rings (SSSR count). The lowest BCUT2D eigenvalue weighted by Crippen LogP contribution is -2.22. The Morgan fingerprint density at radius 2 is 2.07 bits per heavy atom. The van der Waals surface area contributed by atoms with Crippen molar-refractivity contribution >= 4 is 5.97 Å². The average Bonchev–Trinajstić information content (AvgIpc) is 2.13. The van der Waals surface area contributed by atoms with Gasteiger partial charge in [0, 0.05) is 0 Å². The number of carbonyl (C=O) groups is 1. The average molecular weight is 197 g/mol. The first kappa shape index (κ1) is 10.7. The Morgan fingerprint density at radius 3 is 2.57 bits per heavy atom. The summed E-state index contributed by atoms with van der Waals surface area (Å²) in [5.41, 5.74) is 6.51. The number of carboxylic acids is 1. The molecule has 1 unspecified atom stereocenters. The van der Waals surface area contributed by atoms with E-state index < -0.39 is 12.0 Å². The minimum Gasteiger partial charge on any atom is -0.480 e. The van der Waals surface area contributed by atoms with Crippen LogP contribution in [0.15, 0.2) is 12.1 Å². The third-order valence-corrected chi connectivity index (χ3v) is 2.22. The molecule has 0 aliphatic heterocycles. The number of rotatable bonds is 2. The fourth-order valence-electron chi connectivity index (χ4n) is 1.31. The first-order valence-electron chi connectivity index (χ1n) is 4.19. The summed E-state index contributed by atoms with van der Waals surface area (Å²) in [6.45, 7) is 3.15. The van der Waals surface area contributed by atoms with Gasteiger partial charge in [0.05, 0.1) is 0 Å². The maximum absolute atomic E-state index is 13.4. The molecule has 4 heteroatoms. The summed E-state index contributed by atoms with van der Waals surface area (Å²) in [6, 6.07) is 1.91. The number of carboxylic acid groups (broad SMARTS) is 1. The quantitative estimate of drug-likeness (QED) is 0.755. The van der Waals surface area contributed by atoms with Gasteiger partial charge >= 0.3 is 5.97 Å². The van der Waals surface area contributed by atoms with Gasteiger partial charge in [0.2, 0.25) is 0 Å². The lowest BCUT2D eigenvalue weighted by atomic mass is 9.99. The lowest BCUT2D eigenvalue weighted by molar-refractivity contribution is -0.138. The van der Waals surface area contributed by atoms with E-state index in [1.165, 1.54) is 13.0 Å². The van der Waals surface area contributed by atoms with E-state index in [4.69, 9.17) is 10.8 Å². The van der Waals surface area contributed by atoms with Gasteiger partial charge in [-0.3, -0.25) is 4.79 Å². The Hall–Kier alpha value is -1.42. The molecule has 0 saturated heterocycles. The Bertz CT molecular complexity index is 377. The van der Waals surface area contributed by atoms with Crippen LogP contribution in [0.5, 0.6) is 0 Å². The summed E-state index contributed by atoms with van der Waals surface area (Å²) in [5.74, 6) is -1.55. The van der Waals surface area contributed by atoms with E-state index >= 15 is 0 Å². The number of hydrogen-bond donors (Lipinski definition) is 2. The highest BCUT2D eigenvalue weighted by Crippen LogP contribution is 2.21. The Balaban J connectivity index is 3.24. The van der Waals surface area contributed by atoms with Gasteiger partial charge in [-0.25, -0.2) is 4.39 Å². The molecule has 0 saturated carbocycles. The molecular formula is C10H12FNO2. The highest BCUT2D eigenvalue weighted by atomic mass is 19.1. The van der Waals surface area contributed by atoms with Gasteiger partial charge in [-0.1, -0.05) is 12.1 Å². The topological polar surface area (TPSA) is 63.3 Å². The van der Waals surface area contributed by atoms with E-state index in [-0.39, 0.29) is 5.82 Å². The molecule has 0 spiro atoms. The van der Waals surface area contributed by atoms with Crippen molar-refractivity contribution in [1.29, 1.82) is 0 Å². The highest BCUT2D eigenvalue weighted by Gasteiger charge is 2.18. The zero-order valence-electron chi connectivity index (χ0n) is 8.04. The second-order valence-electron chi connectivity index (χ2n) is 3.23. The van der Waals surface area contributed by atoms with Gasteiger partial charge in [0.1, 0.15) is 11.9 Å². The van der Waals surface area contributed by atoms with Crippen LogP contribution in [0.2, 0.25) is 0 Å². The molecule has 0 heterocycles. The molecule has 1 aromatic rings. The zero-order valence-corrected chi connectivity index (χ0v) is 8.04. The maximum atomic E-state index is 13.4. The van der Waals surface area contributed by atoms with Crippen molar-refractivity contribution in [3.8, 4) is 0 Å². The van der Waals surface area contributed by atoms with Crippen molar-refractivity contribution in [3.63, 3.8) is 0 Å². The van der Waals surface area contributed by atoms with E-state index in [1.807, 2.05) is 0 Å². The van der Waals surface area contributed by atoms with Crippen molar-refractivity contribution in [2.75, 3.05) is 0 Å². The largest absolute Gasteiger partial charge is 0.480 e. The van der Waals surface area contributed by atoms with Crippen molar-refractivity contribution < 1.29 is 14.3 Å². The minimum absolute atomic E-state index is 0.305. The Kier molecular flexibility index (Phi) is 2.86. The molecule has 0 bridgehead atoms. The predicted molar refractivity (Wildman–Crippen MR) is 50.4 cm³/mol. The molecule has 0 aliphatic carbocycles. The lowest BCUT2D eigenvalue weighted by Gasteiger charge is -2.12. The summed E-state index contributed by atoms with van der Waals surface area (Å²) in [4.78, 5) is 10.6. The van der Waals surface area contributed by atoms with Crippen LogP contribution in [0.4, 0.5) is 4.39 Å². The standard InChI is InChI=1S/C10H12FNO2/c1-5-3-4-7(6(2)8(5)11)9(12)10(13)14/h3-4,9H,12H2,1-2H3,(H,13,14). The molecule has 3 N–H and O–H groups in total. The van der Waals surface area contributed by atoms with Crippen LogP contribution in [0, 0.1) is 19.7 Å². The molecule has 1 atom stereocenters. The molecule has 1 aromatic carbocycles. The van der Waals surface area contributed by atoms with Crippen molar-refractivity contribution in [1.82, 2.24) is 0 Å². The highest BCUT2D eigenvalue weighted by molar-refractivity contribution is 5.75. The second-order valence-corrected chi connectivity index (χ2v) is 3.23. The molecule has 0 amide bonds. The number of benzene rings is 1. The molecule has 14 heavy (non-hydrogen) atoms. The van der Waals surface area contributed by atoms with Gasteiger partial charge in [-0.2, -0.15) is 0 Å². The van der Waals surface area contributed by atoms with Crippen LogP contribution in [0.3, 0.4) is 0 Å². The minimum atomic E-state index is -1.16. The summed E-state index contributed by atoms with van der Waals surface area (Å²) < 4.78 is 13.4. The number of aryl methyl sites for hydroxylation is 1. The summed E-state index contributed by atoms with van der Waals surface area (Å²) >= 11 is 0. The fourth-order valence-corrected chi connectivity index (χ4v) is 1.31. The van der Waals surface area contributed by atoms with Crippen molar-refractivity contribution in [2.24, 2.45) is 5.73 Å². The summed E-state index contributed by atoms with van der Waals surface area (Å²) in [7, 11) is 0. The first-order valence-corrected chi connectivity index (χ1v) is 4.19. The Morgan fingerprint density at radius 1 is 1.50 bits per heavy atom. The number of hydrogen-bond acceptors (Lipinski definition) is 2. The number of halogens is 1. The maximum Gasteiger partial charge on any atom is 0.325 e. The Labute approximate surface area is 81.4 Å². The molecule has 3 nitrogen and oxygen atoms in total. The molecule has 0 fully saturated rings. The van der Waals surface area contributed by atoms with Crippen molar-refractivity contribution in [2.45, 2.75) is 19.9 Å². The fraction of sp³-hybridized carbons (Fsp3) is 0.300. The molecular weight excluding hydrogens is 185 g/mol. The van der Waals surface area contributed by atoms with Crippen LogP contribution in [-0.2, 0) is 4.79 Å². The van der Waals surface area contributed by atoms with Gasteiger partial charge < -0.3 is 10.8 Å². The van der Waals surface area contributed by atoms with Crippen LogP contribution >= 0.6 is 0 Å². The van der Waals surface area contributed by atoms with Gasteiger partial charge in [0.15, 0.2) is 0 Å². The van der Waals surface area contributed by atoms with Crippen LogP contribution < -0.4 is 5.73 Å². The molecule has 0 radical (unpaired) electrons. The van der Waals surface area contributed by atoms with Crippen molar-refractivity contribution in [3.05, 3.63) is 34.6 Å². The third-order valence-electron chi connectivity index (χ3n) is 2.22. The third kappa shape index (κ3) is 1.75. The first-order chi connectivity index (χ1) is 6.45. The van der Waals surface area contributed by atoms with E-state index in [0.29, 0.717) is 16.7 Å².